The minimum absolute atomic E-state index is 0.215. The van der Waals surface area contributed by atoms with Gasteiger partial charge in [-0.25, -0.2) is 0 Å². The van der Waals surface area contributed by atoms with Crippen LogP contribution in [0, 0.1) is 6.92 Å². The van der Waals surface area contributed by atoms with E-state index in [1.165, 1.54) is 0 Å². The Morgan fingerprint density at radius 2 is 2.00 bits per heavy atom. The Balaban J connectivity index is 1.88. The van der Waals surface area contributed by atoms with Crippen molar-refractivity contribution in [2.24, 2.45) is 0 Å². The van der Waals surface area contributed by atoms with E-state index in [4.69, 9.17) is 16.1 Å². The Morgan fingerprint density at radius 3 is 2.76 bits per heavy atom. The zero-order valence-corrected chi connectivity index (χ0v) is 12.1. The average Bonchev–Trinajstić information content (AvgIpc) is 2.90. The standard InChI is InChI=1S/C16H13ClN2O2/c1-10-8-12(20)6-7-13(10)16-18-15(19-21-16)9-11-4-2-3-5-14(11)17/h2-8,20H,9H2,1H3. The van der Waals surface area contributed by atoms with Gasteiger partial charge in [0.05, 0.1) is 0 Å². The second kappa shape index (κ2) is 5.58. The van der Waals surface area contributed by atoms with Crippen molar-refractivity contribution in [3.05, 3.63) is 64.4 Å². The molecule has 106 valence electrons. The summed E-state index contributed by atoms with van der Waals surface area (Å²) in [7, 11) is 0. The first-order chi connectivity index (χ1) is 10.1. The Hall–Kier alpha value is -2.33. The normalized spacial score (nSPS) is 10.8. The molecule has 0 radical (unpaired) electrons. The minimum atomic E-state index is 0.215. The number of hydrogen-bond acceptors (Lipinski definition) is 4. The van der Waals surface area contributed by atoms with Gasteiger partial charge in [0.1, 0.15) is 5.75 Å². The first kappa shape index (κ1) is 13.6. The lowest BCUT2D eigenvalue weighted by Crippen LogP contribution is -1.92. The predicted molar refractivity (Wildman–Crippen MR) is 80.4 cm³/mol. The fourth-order valence-corrected chi connectivity index (χ4v) is 2.34. The molecular formula is C16H13ClN2O2. The number of phenolic OH excluding ortho intramolecular Hbond substituents is 1. The molecule has 1 N–H and O–H groups in total. The number of aryl methyl sites for hydroxylation is 1. The van der Waals surface area contributed by atoms with Crippen molar-refractivity contribution >= 4 is 11.6 Å². The predicted octanol–water partition coefficient (Wildman–Crippen LogP) is 3.99. The highest BCUT2D eigenvalue weighted by Crippen LogP contribution is 2.26. The van der Waals surface area contributed by atoms with Crippen LogP contribution in [0.5, 0.6) is 5.75 Å². The van der Waals surface area contributed by atoms with Gasteiger partial charge in [0, 0.05) is 17.0 Å². The van der Waals surface area contributed by atoms with Crippen LogP contribution in [0.4, 0.5) is 0 Å². The number of benzene rings is 2. The van der Waals surface area contributed by atoms with Crippen LogP contribution in [0.15, 0.2) is 47.0 Å². The molecule has 21 heavy (non-hydrogen) atoms. The molecule has 1 aromatic heterocycles. The number of phenols is 1. The van der Waals surface area contributed by atoms with E-state index in [0.717, 1.165) is 16.7 Å². The van der Waals surface area contributed by atoms with Crippen LogP contribution in [0.1, 0.15) is 17.0 Å². The molecule has 2 aromatic carbocycles. The SMILES string of the molecule is Cc1cc(O)ccc1-c1nc(Cc2ccccc2Cl)no1. The highest BCUT2D eigenvalue weighted by Gasteiger charge is 2.12. The fourth-order valence-electron chi connectivity index (χ4n) is 2.14. The lowest BCUT2D eigenvalue weighted by atomic mass is 10.1. The molecule has 4 nitrogen and oxygen atoms in total. The van der Waals surface area contributed by atoms with E-state index in [9.17, 15) is 5.11 Å². The topological polar surface area (TPSA) is 59.2 Å². The van der Waals surface area contributed by atoms with Gasteiger partial charge in [-0.1, -0.05) is 35.0 Å². The van der Waals surface area contributed by atoms with Crippen molar-refractivity contribution in [3.8, 4) is 17.2 Å². The molecule has 0 spiro atoms. The summed E-state index contributed by atoms with van der Waals surface area (Å²) < 4.78 is 5.30. The highest BCUT2D eigenvalue weighted by atomic mass is 35.5. The summed E-state index contributed by atoms with van der Waals surface area (Å²) in [4.78, 5) is 4.39. The third-order valence-corrected chi connectivity index (χ3v) is 3.58. The Morgan fingerprint density at radius 1 is 1.19 bits per heavy atom. The third kappa shape index (κ3) is 2.90. The van der Waals surface area contributed by atoms with E-state index in [1.807, 2.05) is 31.2 Å². The van der Waals surface area contributed by atoms with Crippen LogP contribution in [0.25, 0.3) is 11.5 Å². The summed E-state index contributed by atoms with van der Waals surface area (Å²) in [5, 5.41) is 14.1. The molecule has 0 atom stereocenters. The molecule has 0 unspecified atom stereocenters. The molecule has 0 aliphatic heterocycles. The van der Waals surface area contributed by atoms with Crippen LogP contribution in [-0.4, -0.2) is 15.2 Å². The summed E-state index contributed by atoms with van der Waals surface area (Å²) >= 11 is 6.13. The summed E-state index contributed by atoms with van der Waals surface area (Å²) in [6, 6.07) is 12.6. The maximum Gasteiger partial charge on any atom is 0.258 e. The third-order valence-electron chi connectivity index (χ3n) is 3.21. The van der Waals surface area contributed by atoms with E-state index < -0.39 is 0 Å². The molecule has 3 rings (SSSR count). The Labute approximate surface area is 127 Å². The van der Waals surface area contributed by atoms with Crippen molar-refractivity contribution in [2.75, 3.05) is 0 Å². The average molecular weight is 301 g/mol. The fraction of sp³-hybridized carbons (Fsp3) is 0.125. The Bertz CT molecular complexity index is 783. The van der Waals surface area contributed by atoms with E-state index in [2.05, 4.69) is 10.1 Å². The lowest BCUT2D eigenvalue weighted by Gasteiger charge is -2.00. The number of rotatable bonds is 3. The monoisotopic (exact) mass is 300 g/mol. The summed E-state index contributed by atoms with van der Waals surface area (Å²) in [6.45, 7) is 1.88. The molecule has 0 aliphatic carbocycles. The van der Waals surface area contributed by atoms with Gasteiger partial charge in [-0.15, -0.1) is 0 Å². The van der Waals surface area contributed by atoms with Crippen molar-refractivity contribution < 1.29 is 9.63 Å². The van der Waals surface area contributed by atoms with Crippen molar-refractivity contribution in [1.82, 2.24) is 10.1 Å². The second-order valence-electron chi connectivity index (χ2n) is 4.78. The summed E-state index contributed by atoms with van der Waals surface area (Å²) in [5.74, 6) is 1.23. The van der Waals surface area contributed by atoms with E-state index in [1.54, 1.807) is 18.2 Å². The van der Waals surface area contributed by atoms with E-state index in [-0.39, 0.29) is 5.75 Å². The van der Waals surface area contributed by atoms with Crippen molar-refractivity contribution in [1.29, 1.82) is 0 Å². The first-order valence-electron chi connectivity index (χ1n) is 6.49. The number of hydrogen-bond donors (Lipinski definition) is 1. The van der Waals surface area contributed by atoms with Gasteiger partial charge >= 0.3 is 0 Å². The van der Waals surface area contributed by atoms with E-state index >= 15 is 0 Å². The molecule has 0 saturated heterocycles. The van der Waals surface area contributed by atoms with Gasteiger partial charge in [0.15, 0.2) is 5.82 Å². The van der Waals surface area contributed by atoms with Gasteiger partial charge in [0.25, 0.3) is 5.89 Å². The van der Waals surface area contributed by atoms with Crippen LogP contribution < -0.4 is 0 Å². The summed E-state index contributed by atoms with van der Waals surface area (Å²) in [5.41, 5.74) is 2.64. The van der Waals surface area contributed by atoms with Crippen LogP contribution in [-0.2, 0) is 6.42 Å². The lowest BCUT2D eigenvalue weighted by molar-refractivity contribution is 0.423. The molecular weight excluding hydrogens is 288 g/mol. The second-order valence-corrected chi connectivity index (χ2v) is 5.19. The zero-order valence-electron chi connectivity index (χ0n) is 11.4. The van der Waals surface area contributed by atoms with Crippen LogP contribution in [0.2, 0.25) is 5.02 Å². The van der Waals surface area contributed by atoms with E-state index in [0.29, 0.717) is 23.2 Å². The quantitative estimate of drug-likeness (QED) is 0.794. The number of halogens is 1. The highest BCUT2D eigenvalue weighted by molar-refractivity contribution is 6.31. The van der Waals surface area contributed by atoms with Crippen LogP contribution in [0.3, 0.4) is 0 Å². The minimum Gasteiger partial charge on any atom is -0.508 e. The first-order valence-corrected chi connectivity index (χ1v) is 6.87. The van der Waals surface area contributed by atoms with Gasteiger partial charge in [-0.3, -0.25) is 0 Å². The van der Waals surface area contributed by atoms with Gasteiger partial charge < -0.3 is 9.63 Å². The number of aromatic hydroxyl groups is 1. The van der Waals surface area contributed by atoms with Crippen molar-refractivity contribution in [2.45, 2.75) is 13.3 Å². The molecule has 5 heteroatoms. The Kier molecular flexibility index (Phi) is 3.62. The zero-order chi connectivity index (χ0) is 14.8. The van der Waals surface area contributed by atoms with Crippen molar-refractivity contribution in [3.63, 3.8) is 0 Å². The largest absolute Gasteiger partial charge is 0.508 e. The summed E-state index contributed by atoms with van der Waals surface area (Å²) in [6.07, 6.45) is 0.514. The number of nitrogens with zero attached hydrogens (tertiary/aromatic N) is 2. The molecule has 0 amide bonds. The maximum absolute atomic E-state index is 9.43. The molecule has 1 heterocycles. The molecule has 3 aromatic rings. The van der Waals surface area contributed by atoms with Gasteiger partial charge in [-0.05, 0) is 42.3 Å². The van der Waals surface area contributed by atoms with Gasteiger partial charge in [0.2, 0.25) is 0 Å². The smallest absolute Gasteiger partial charge is 0.258 e. The maximum atomic E-state index is 9.43. The molecule has 0 aliphatic rings. The molecule has 0 bridgehead atoms. The molecule has 0 fully saturated rings. The van der Waals surface area contributed by atoms with Gasteiger partial charge in [-0.2, -0.15) is 4.98 Å². The molecule has 0 saturated carbocycles. The number of aromatic nitrogens is 2. The van der Waals surface area contributed by atoms with Crippen LogP contribution >= 0.6 is 11.6 Å².